The molecule has 0 fully saturated rings. The van der Waals surface area contributed by atoms with Crippen LogP contribution in [0.1, 0.15) is 18.1 Å². The van der Waals surface area contributed by atoms with Crippen LogP contribution in [0.25, 0.3) is 22.3 Å². The van der Waals surface area contributed by atoms with Crippen LogP contribution in [-0.2, 0) is 22.7 Å². The minimum absolute atomic E-state index is 0.00287. The molecular formula is C24H21FO3. The zero-order chi connectivity index (χ0) is 20.1. The van der Waals surface area contributed by atoms with E-state index < -0.39 is 11.8 Å². The number of carbonyl (C=O) groups is 1. The normalized spacial score (nSPS) is 10.5. The summed E-state index contributed by atoms with van der Waals surface area (Å²) in [6, 6.07) is 20.0. The number of benzene rings is 3. The topological polar surface area (TPSA) is 46.5 Å². The van der Waals surface area contributed by atoms with Crippen LogP contribution in [0.15, 0.2) is 78.9 Å². The van der Waals surface area contributed by atoms with Gasteiger partial charge < -0.3 is 9.84 Å². The molecule has 0 amide bonds. The van der Waals surface area contributed by atoms with Crippen molar-refractivity contribution in [1.29, 1.82) is 0 Å². The van der Waals surface area contributed by atoms with Crippen molar-refractivity contribution in [2.75, 3.05) is 0 Å². The Labute approximate surface area is 163 Å². The molecule has 28 heavy (non-hydrogen) atoms. The van der Waals surface area contributed by atoms with Gasteiger partial charge in [0, 0.05) is 11.1 Å². The maximum atomic E-state index is 14.6. The molecule has 0 aliphatic rings. The molecule has 0 aliphatic carbocycles. The van der Waals surface area contributed by atoms with Gasteiger partial charge in [0.25, 0.3) is 0 Å². The predicted molar refractivity (Wildman–Crippen MR) is 108 cm³/mol. The summed E-state index contributed by atoms with van der Waals surface area (Å²) in [4.78, 5) is 11.8. The number of ether oxygens (including phenoxy) is 1. The van der Waals surface area contributed by atoms with Gasteiger partial charge in [-0.2, -0.15) is 0 Å². The Morgan fingerprint density at radius 1 is 1.00 bits per heavy atom. The van der Waals surface area contributed by atoms with Crippen LogP contribution in [0.3, 0.4) is 0 Å². The van der Waals surface area contributed by atoms with E-state index in [0.717, 1.165) is 11.1 Å². The highest BCUT2D eigenvalue weighted by Crippen LogP contribution is 2.31. The molecule has 3 rings (SSSR count). The lowest BCUT2D eigenvalue weighted by Gasteiger charge is -2.14. The molecule has 0 spiro atoms. The van der Waals surface area contributed by atoms with Gasteiger partial charge in [0.05, 0.1) is 6.61 Å². The summed E-state index contributed by atoms with van der Waals surface area (Å²) in [6.07, 6.45) is 0. The molecule has 0 saturated carbocycles. The quantitative estimate of drug-likeness (QED) is 0.471. The largest absolute Gasteiger partial charge is 0.457 e. The van der Waals surface area contributed by atoms with Crippen molar-refractivity contribution in [3.63, 3.8) is 0 Å². The van der Waals surface area contributed by atoms with Crippen molar-refractivity contribution in [3.05, 3.63) is 95.8 Å². The zero-order valence-corrected chi connectivity index (χ0v) is 15.6. The third-order valence-electron chi connectivity index (χ3n) is 4.43. The first-order valence-corrected chi connectivity index (χ1v) is 8.90. The molecule has 0 saturated heterocycles. The third kappa shape index (κ3) is 4.35. The molecule has 3 aromatic carbocycles. The molecule has 0 heterocycles. The summed E-state index contributed by atoms with van der Waals surface area (Å²) in [6.45, 7) is 4.94. The first kappa shape index (κ1) is 19.5. The molecule has 0 bridgehead atoms. The molecule has 142 valence electrons. The van der Waals surface area contributed by atoms with Gasteiger partial charge in [-0.1, -0.05) is 61.2 Å². The number of rotatable bonds is 6. The van der Waals surface area contributed by atoms with E-state index in [2.05, 4.69) is 6.58 Å². The summed E-state index contributed by atoms with van der Waals surface area (Å²) in [5.74, 6) is -0.932. The van der Waals surface area contributed by atoms with Gasteiger partial charge in [0.1, 0.15) is 12.4 Å². The lowest BCUT2D eigenvalue weighted by atomic mass is 9.94. The summed E-state index contributed by atoms with van der Waals surface area (Å²) in [7, 11) is 0. The van der Waals surface area contributed by atoms with E-state index in [4.69, 9.17) is 4.74 Å². The van der Waals surface area contributed by atoms with E-state index in [0.29, 0.717) is 27.8 Å². The van der Waals surface area contributed by atoms with E-state index in [-0.39, 0.29) is 13.2 Å². The van der Waals surface area contributed by atoms with E-state index in [1.165, 1.54) is 6.07 Å². The second-order valence-corrected chi connectivity index (χ2v) is 6.57. The van der Waals surface area contributed by atoms with Crippen molar-refractivity contribution in [2.45, 2.75) is 20.1 Å². The Bertz CT molecular complexity index is 1010. The van der Waals surface area contributed by atoms with Gasteiger partial charge in [-0.05, 0) is 46.9 Å². The monoisotopic (exact) mass is 376 g/mol. The van der Waals surface area contributed by atoms with Crippen LogP contribution >= 0.6 is 0 Å². The summed E-state index contributed by atoms with van der Waals surface area (Å²) < 4.78 is 19.9. The van der Waals surface area contributed by atoms with Crippen molar-refractivity contribution in [3.8, 4) is 22.3 Å². The molecule has 3 aromatic rings. The molecule has 0 radical (unpaired) electrons. The Hall–Kier alpha value is -3.24. The number of halogens is 1. The Balaban J connectivity index is 2.05. The highest BCUT2D eigenvalue weighted by Gasteiger charge is 2.14. The second-order valence-electron chi connectivity index (χ2n) is 6.57. The van der Waals surface area contributed by atoms with Gasteiger partial charge in [-0.15, -0.1) is 0 Å². The number of esters is 1. The minimum Gasteiger partial charge on any atom is -0.457 e. The Morgan fingerprint density at radius 3 is 2.36 bits per heavy atom. The smallest absolute Gasteiger partial charge is 0.333 e. The van der Waals surface area contributed by atoms with Crippen LogP contribution in [0.4, 0.5) is 4.39 Å². The first-order chi connectivity index (χ1) is 13.5. The van der Waals surface area contributed by atoms with Gasteiger partial charge in [0.2, 0.25) is 0 Å². The van der Waals surface area contributed by atoms with E-state index in [9.17, 15) is 14.3 Å². The summed E-state index contributed by atoms with van der Waals surface area (Å²) >= 11 is 0. The van der Waals surface area contributed by atoms with Crippen molar-refractivity contribution in [1.82, 2.24) is 0 Å². The predicted octanol–water partition coefficient (Wildman–Crippen LogP) is 5.27. The molecule has 0 atom stereocenters. The molecule has 4 heteroatoms. The van der Waals surface area contributed by atoms with Crippen molar-refractivity contribution < 1.29 is 19.0 Å². The van der Waals surface area contributed by atoms with Crippen molar-refractivity contribution in [2.24, 2.45) is 0 Å². The number of aliphatic hydroxyl groups excluding tert-OH is 1. The van der Waals surface area contributed by atoms with Crippen LogP contribution in [-0.4, -0.2) is 11.1 Å². The van der Waals surface area contributed by atoms with E-state index in [1.54, 1.807) is 19.1 Å². The summed E-state index contributed by atoms with van der Waals surface area (Å²) in [5.41, 5.74) is 4.47. The lowest BCUT2D eigenvalue weighted by Crippen LogP contribution is -2.06. The van der Waals surface area contributed by atoms with E-state index >= 15 is 0 Å². The highest BCUT2D eigenvalue weighted by atomic mass is 19.1. The molecule has 0 aliphatic heterocycles. The minimum atomic E-state index is -0.493. The third-order valence-corrected chi connectivity index (χ3v) is 4.43. The van der Waals surface area contributed by atoms with Gasteiger partial charge in [-0.25, -0.2) is 9.18 Å². The maximum absolute atomic E-state index is 14.6. The SMILES string of the molecule is C=C(C)C(=O)OCc1cc(-c2ccccc2)ccc1-c1ccc(CO)cc1F. The van der Waals surface area contributed by atoms with Crippen LogP contribution in [0, 0.1) is 5.82 Å². The molecule has 3 nitrogen and oxygen atoms in total. The molecular weight excluding hydrogens is 355 g/mol. The standard InChI is InChI=1S/C24H21FO3/c1-16(2)24(27)28-15-20-13-19(18-6-4-3-5-7-18)9-11-21(20)22-10-8-17(14-26)12-23(22)25/h3-13,26H,1,14-15H2,2H3. The molecule has 0 aromatic heterocycles. The number of aliphatic hydroxyl groups is 1. The fraction of sp³-hybridized carbons (Fsp3) is 0.125. The Kier molecular flexibility index (Phi) is 6.02. The van der Waals surface area contributed by atoms with Gasteiger partial charge >= 0.3 is 5.97 Å². The van der Waals surface area contributed by atoms with Gasteiger partial charge in [0.15, 0.2) is 0 Å². The summed E-state index contributed by atoms with van der Waals surface area (Å²) in [5, 5.41) is 9.21. The number of carbonyl (C=O) groups excluding carboxylic acids is 1. The van der Waals surface area contributed by atoms with E-state index in [1.807, 2.05) is 48.5 Å². The van der Waals surface area contributed by atoms with Crippen LogP contribution < -0.4 is 0 Å². The first-order valence-electron chi connectivity index (χ1n) is 8.90. The fourth-order valence-electron chi connectivity index (χ4n) is 2.93. The highest BCUT2D eigenvalue weighted by molar-refractivity contribution is 5.87. The van der Waals surface area contributed by atoms with Gasteiger partial charge in [-0.3, -0.25) is 0 Å². The molecule has 1 N–H and O–H groups in total. The molecule has 0 unspecified atom stereocenters. The average Bonchev–Trinajstić information content (AvgIpc) is 2.72. The average molecular weight is 376 g/mol. The van der Waals surface area contributed by atoms with Crippen molar-refractivity contribution >= 4 is 5.97 Å². The maximum Gasteiger partial charge on any atom is 0.333 e. The second kappa shape index (κ2) is 8.63. The number of hydrogen-bond acceptors (Lipinski definition) is 3. The number of hydrogen-bond donors (Lipinski definition) is 1. The van der Waals surface area contributed by atoms with Crippen LogP contribution in [0.2, 0.25) is 0 Å². The fourth-order valence-corrected chi connectivity index (χ4v) is 2.93. The zero-order valence-electron chi connectivity index (χ0n) is 15.6. The Morgan fingerprint density at radius 2 is 1.71 bits per heavy atom. The van der Waals surface area contributed by atoms with Crippen LogP contribution in [0.5, 0.6) is 0 Å². The lowest BCUT2D eigenvalue weighted by molar-refractivity contribution is -0.140.